The Morgan fingerprint density at radius 2 is 1.60 bits per heavy atom. The van der Waals surface area contributed by atoms with Crippen LogP contribution in [0.5, 0.6) is 0 Å². The zero-order valence-electron chi connectivity index (χ0n) is 19.8. The first-order valence-corrected chi connectivity index (χ1v) is 11.9. The van der Waals surface area contributed by atoms with E-state index in [1.54, 1.807) is 0 Å². The lowest BCUT2D eigenvalue weighted by Gasteiger charge is -2.22. The molecule has 1 fully saturated rings. The van der Waals surface area contributed by atoms with Crippen LogP contribution in [-0.2, 0) is 7.05 Å². The smallest absolute Gasteiger partial charge is 0.200 e. The van der Waals surface area contributed by atoms with Gasteiger partial charge in [-0.1, -0.05) is 65.2 Å². The maximum absolute atomic E-state index is 2.47. The zero-order chi connectivity index (χ0) is 21.4. The summed E-state index contributed by atoms with van der Waals surface area (Å²) < 4.78 is 2.32. The second-order valence-electron chi connectivity index (χ2n) is 10.0. The number of pyridine rings is 1. The van der Waals surface area contributed by atoms with Crippen molar-refractivity contribution >= 4 is 10.8 Å². The largest absolute Gasteiger partial charge is 0.220 e. The third-order valence-corrected chi connectivity index (χ3v) is 7.25. The van der Waals surface area contributed by atoms with Crippen LogP contribution >= 0.6 is 0 Å². The maximum Gasteiger partial charge on any atom is 0.220 e. The Labute approximate surface area is 183 Å². The van der Waals surface area contributed by atoms with E-state index in [2.05, 4.69) is 88.8 Å². The summed E-state index contributed by atoms with van der Waals surface area (Å²) >= 11 is 0. The number of rotatable bonds is 4. The molecule has 1 heteroatoms. The van der Waals surface area contributed by atoms with E-state index in [0.29, 0.717) is 11.8 Å². The molecule has 0 spiro atoms. The first-order chi connectivity index (χ1) is 14.4. The molecule has 2 aromatic carbocycles. The molecule has 0 bridgehead atoms. The standard InChI is InChI=1S/C29H38N/c1-19(2)25-17-27(20(3)4)21(5)28(18-25)29-26-13-12-23(22-10-8-7-9-11-22)16-24(26)14-15-30(29)6/h12-20,22H,7-11H2,1-6H3/q+1. The number of fused-ring (bicyclic) bond motifs is 1. The fraction of sp³-hybridized carbons (Fsp3) is 0.483. The fourth-order valence-corrected chi connectivity index (χ4v) is 5.36. The molecule has 158 valence electrons. The van der Waals surface area contributed by atoms with Gasteiger partial charge in [0.2, 0.25) is 5.69 Å². The SMILES string of the molecule is Cc1c(-c2c3ccc(C4CCCCC4)cc3cc[n+]2C)cc(C(C)C)cc1C(C)C. The molecule has 30 heavy (non-hydrogen) atoms. The second-order valence-corrected chi connectivity index (χ2v) is 10.0. The Morgan fingerprint density at radius 3 is 2.27 bits per heavy atom. The third-order valence-electron chi connectivity index (χ3n) is 7.25. The normalized spacial score (nSPS) is 15.5. The summed E-state index contributed by atoms with van der Waals surface area (Å²) in [6.45, 7) is 11.5. The lowest BCUT2D eigenvalue weighted by molar-refractivity contribution is -0.659. The molecule has 0 N–H and O–H groups in total. The molecule has 0 radical (unpaired) electrons. The number of aromatic nitrogens is 1. The number of nitrogens with zero attached hydrogens (tertiary/aromatic N) is 1. The average molecular weight is 401 g/mol. The minimum absolute atomic E-state index is 0.528. The predicted octanol–water partition coefficient (Wildman–Crippen LogP) is 7.93. The van der Waals surface area contributed by atoms with Crippen molar-refractivity contribution < 1.29 is 4.57 Å². The van der Waals surface area contributed by atoms with Gasteiger partial charge in [-0.15, -0.1) is 0 Å². The number of hydrogen-bond acceptors (Lipinski definition) is 0. The van der Waals surface area contributed by atoms with Crippen LogP contribution in [0.1, 0.15) is 99.8 Å². The van der Waals surface area contributed by atoms with Crippen molar-refractivity contribution in [1.29, 1.82) is 0 Å². The lowest BCUT2D eigenvalue weighted by atomic mass is 9.83. The van der Waals surface area contributed by atoms with Crippen molar-refractivity contribution in [2.24, 2.45) is 7.05 Å². The Bertz CT molecular complexity index is 1050. The average Bonchev–Trinajstić information content (AvgIpc) is 2.74. The van der Waals surface area contributed by atoms with E-state index in [4.69, 9.17) is 0 Å². The topological polar surface area (TPSA) is 3.88 Å². The third kappa shape index (κ3) is 3.92. The Morgan fingerprint density at radius 1 is 0.867 bits per heavy atom. The van der Waals surface area contributed by atoms with Crippen LogP contribution in [0.25, 0.3) is 22.0 Å². The van der Waals surface area contributed by atoms with Crippen molar-refractivity contribution in [3.8, 4) is 11.3 Å². The van der Waals surface area contributed by atoms with Gasteiger partial charge in [0.15, 0.2) is 6.20 Å². The summed E-state index contributed by atoms with van der Waals surface area (Å²) in [7, 11) is 2.19. The molecule has 0 unspecified atom stereocenters. The molecule has 0 amide bonds. The highest BCUT2D eigenvalue weighted by atomic mass is 14.9. The van der Waals surface area contributed by atoms with Crippen LogP contribution < -0.4 is 4.57 Å². The van der Waals surface area contributed by atoms with E-state index in [1.165, 1.54) is 76.4 Å². The Balaban J connectivity index is 1.91. The number of aryl methyl sites for hydroxylation is 1. The van der Waals surface area contributed by atoms with E-state index in [0.717, 1.165) is 5.92 Å². The first kappa shape index (κ1) is 21.1. The van der Waals surface area contributed by atoms with Crippen molar-refractivity contribution in [3.63, 3.8) is 0 Å². The first-order valence-electron chi connectivity index (χ1n) is 11.9. The molecule has 1 aromatic heterocycles. The monoisotopic (exact) mass is 400 g/mol. The van der Waals surface area contributed by atoms with Gasteiger partial charge in [-0.2, -0.15) is 0 Å². The van der Waals surface area contributed by atoms with Crippen LogP contribution in [0.4, 0.5) is 0 Å². The summed E-state index contributed by atoms with van der Waals surface area (Å²) in [4.78, 5) is 0. The Kier molecular flexibility index (Phi) is 6.00. The summed E-state index contributed by atoms with van der Waals surface area (Å²) in [6, 6.07) is 14.4. The quantitative estimate of drug-likeness (QED) is 0.391. The minimum atomic E-state index is 0.528. The second kappa shape index (κ2) is 8.53. The van der Waals surface area contributed by atoms with Crippen molar-refractivity contribution in [1.82, 2.24) is 0 Å². The molecule has 1 saturated carbocycles. The molecule has 0 saturated heterocycles. The van der Waals surface area contributed by atoms with Crippen molar-refractivity contribution in [2.45, 2.75) is 84.5 Å². The summed E-state index contributed by atoms with van der Waals surface area (Å²) in [5.41, 5.74) is 8.63. The highest BCUT2D eigenvalue weighted by molar-refractivity contribution is 5.94. The molecule has 1 aliphatic carbocycles. The predicted molar refractivity (Wildman–Crippen MR) is 129 cm³/mol. The highest BCUT2D eigenvalue weighted by Crippen LogP contribution is 2.37. The molecule has 3 aromatic rings. The van der Waals surface area contributed by atoms with E-state index in [1.807, 2.05) is 0 Å². The van der Waals surface area contributed by atoms with Gasteiger partial charge < -0.3 is 0 Å². The molecule has 1 aliphatic rings. The minimum Gasteiger partial charge on any atom is -0.200 e. The lowest BCUT2D eigenvalue weighted by Crippen LogP contribution is -2.31. The van der Waals surface area contributed by atoms with Crippen LogP contribution in [0.15, 0.2) is 42.6 Å². The van der Waals surface area contributed by atoms with Gasteiger partial charge >= 0.3 is 0 Å². The summed E-state index contributed by atoms with van der Waals surface area (Å²) in [5, 5.41) is 2.75. The summed E-state index contributed by atoms with van der Waals surface area (Å²) in [6.07, 6.45) is 9.14. The molecule has 0 aliphatic heterocycles. The van der Waals surface area contributed by atoms with E-state index in [9.17, 15) is 0 Å². The van der Waals surface area contributed by atoms with Gasteiger partial charge in [0.05, 0.1) is 10.9 Å². The molecular formula is C29H38N+. The summed E-state index contributed by atoms with van der Waals surface area (Å²) in [5.74, 6) is 1.81. The van der Waals surface area contributed by atoms with Crippen LogP contribution in [0, 0.1) is 6.92 Å². The van der Waals surface area contributed by atoms with Gasteiger partial charge in [-0.25, -0.2) is 4.57 Å². The molecular weight excluding hydrogens is 362 g/mol. The number of hydrogen-bond donors (Lipinski definition) is 0. The van der Waals surface area contributed by atoms with E-state index in [-0.39, 0.29) is 0 Å². The van der Waals surface area contributed by atoms with Gasteiger partial charge in [-0.3, -0.25) is 0 Å². The zero-order valence-corrected chi connectivity index (χ0v) is 19.8. The van der Waals surface area contributed by atoms with Gasteiger partial charge in [-0.05, 0) is 77.3 Å². The molecule has 4 rings (SSSR count). The highest BCUT2D eigenvalue weighted by Gasteiger charge is 2.22. The van der Waals surface area contributed by atoms with Crippen LogP contribution in [0.2, 0.25) is 0 Å². The number of benzene rings is 2. The molecule has 1 nitrogen and oxygen atoms in total. The van der Waals surface area contributed by atoms with E-state index >= 15 is 0 Å². The van der Waals surface area contributed by atoms with Gasteiger partial charge in [0.1, 0.15) is 7.05 Å². The van der Waals surface area contributed by atoms with Crippen molar-refractivity contribution in [2.75, 3.05) is 0 Å². The van der Waals surface area contributed by atoms with E-state index < -0.39 is 0 Å². The molecule has 0 atom stereocenters. The molecule has 1 heterocycles. The van der Waals surface area contributed by atoms with Crippen LogP contribution in [-0.4, -0.2) is 0 Å². The maximum atomic E-state index is 2.47. The van der Waals surface area contributed by atoms with Crippen molar-refractivity contribution in [3.05, 3.63) is 64.8 Å². The Hall–Kier alpha value is -2.15. The van der Waals surface area contributed by atoms with Crippen LogP contribution in [0.3, 0.4) is 0 Å². The van der Waals surface area contributed by atoms with Gasteiger partial charge in [0, 0.05) is 6.07 Å². The van der Waals surface area contributed by atoms with Gasteiger partial charge in [0.25, 0.3) is 0 Å². The fourth-order valence-electron chi connectivity index (χ4n) is 5.36.